The zero-order valence-electron chi connectivity index (χ0n) is 13.0. The fourth-order valence-corrected chi connectivity index (χ4v) is 1.41. The van der Waals surface area contributed by atoms with Crippen LogP contribution in [0.4, 0.5) is 0 Å². The first-order chi connectivity index (χ1) is 10.5. The van der Waals surface area contributed by atoms with E-state index in [9.17, 15) is 14.4 Å². The Morgan fingerprint density at radius 2 is 2.05 bits per heavy atom. The third-order valence-corrected chi connectivity index (χ3v) is 2.80. The molecule has 9 nitrogen and oxygen atoms in total. The SMILES string of the molecule is CNCCOC(=O)[C@H](CCC(=O)C=[N+]=[N-])NC(=O)[C@@H](C)OC. The third-order valence-electron chi connectivity index (χ3n) is 2.80. The summed E-state index contributed by atoms with van der Waals surface area (Å²) in [4.78, 5) is 37.6. The lowest BCUT2D eigenvalue weighted by atomic mass is 10.1. The van der Waals surface area contributed by atoms with E-state index in [-0.39, 0.29) is 19.4 Å². The molecule has 9 heteroatoms. The number of methoxy groups -OCH3 is 1. The van der Waals surface area contributed by atoms with E-state index in [4.69, 9.17) is 15.0 Å². The Bertz CT molecular complexity index is 434. The predicted octanol–water partition coefficient (Wildman–Crippen LogP) is -1.08. The van der Waals surface area contributed by atoms with Gasteiger partial charge in [0.2, 0.25) is 11.7 Å². The number of carbonyl (C=O) groups excluding carboxylic acids is 3. The normalized spacial score (nSPS) is 12.7. The molecular weight excluding hydrogens is 292 g/mol. The highest BCUT2D eigenvalue weighted by molar-refractivity contribution is 6.25. The van der Waals surface area contributed by atoms with Gasteiger partial charge < -0.3 is 25.6 Å². The highest BCUT2D eigenvalue weighted by Crippen LogP contribution is 2.02. The van der Waals surface area contributed by atoms with Crippen LogP contribution in [-0.4, -0.2) is 68.1 Å². The van der Waals surface area contributed by atoms with Crippen LogP contribution in [0.2, 0.25) is 0 Å². The molecule has 124 valence electrons. The van der Waals surface area contributed by atoms with E-state index in [1.165, 1.54) is 14.0 Å². The summed E-state index contributed by atoms with van der Waals surface area (Å²) in [5.41, 5.74) is 8.27. The molecule has 0 rings (SSSR count). The number of carbonyl (C=O) groups is 3. The van der Waals surface area contributed by atoms with Crippen molar-refractivity contribution in [1.29, 1.82) is 0 Å². The van der Waals surface area contributed by atoms with E-state index >= 15 is 0 Å². The number of hydrogen-bond donors (Lipinski definition) is 2. The summed E-state index contributed by atoms with van der Waals surface area (Å²) in [6, 6.07) is -0.974. The van der Waals surface area contributed by atoms with Crippen molar-refractivity contribution in [2.75, 3.05) is 27.3 Å². The number of nitrogens with one attached hydrogen (secondary N) is 2. The quantitative estimate of drug-likeness (QED) is 0.164. The minimum atomic E-state index is -0.974. The molecular formula is C13H22N4O5. The van der Waals surface area contributed by atoms with Crippen molar-refractivity contribution >= 4 is 23.9 Å². The average molecular weight is 314 g/mol. The van der Waals surface area contributed by atoms with Crippen LogP contribution >= 0.6 is 0 Å². The third kappa shape index (κ3) is 8.25. The van der Waals surface area contributed by atoms with Crippen molar-refractivity contribution in [1.82, 2.24) is 10.6 Å². The van der Waals surface area contributed by atoms with E-state index in [0.29, 0.717) is 6.54 Å². The van der Waals surface area contributed by atoms with Crippen LogP contribution in [0, 0.1) is 0 Å². The molecule has 0 spiro atoms. The zero-order chi connectivity index (χ0) is 17.0. The van der Waals surface area contributed by atoms with Crippen molar-refractivity contribution in [3.63, 3.8) is 0 Å². The van der Waals surface area contributed by atoms with Gasteiger partial charge in [0.15, 0.2) is 0 Å². The first-order valence-electron chi connectivity index (χ1n) is 6.80. The predicted molar refractivity (Wildman–Crippen MR) is 77.2 cm³/mol. The van der Waals surface area contributed by atoms with Crippen molar-refractivity contribution < 1.29 is 28.6 Å². The molecule has 1 amide bonds. The number of likely N-dealkylation sites (N-methyl/N-ethyl adjacent to an activating group) is 1. The number of ketones is 1. The van der Waals surface area contributed by atoms with Crippen LogP contribution in [0.15, 0.2) is 0 Å². The maximum absolute atomic E-state index is 11.9. The van der Waals surface area contributed by atoms with Gasteiger partial charge in [0.05, 0.1) is 0 Å². The first-order valence-corrected chi connectivity index (χ1v) is 6.80. The van der Waals surface area contributed by atoms with E-state index < -0.39 is 29.8 Å². The minimum Gasteiger partial charge on any atom is -0.463 e. The van der Waals surface area contributed by atoms with Gasteiger partial charge in [-0.3, -0.25) is 9.59 Å². The topological polar surface area (TPSA) is 130 Å². The number of esters is 1. The molecule has 0 fully saturated rings. The maximum Gasteiger partial charge on any atom is 0.328 e. The molecule has 0 aromatic carbocycles. The van der Waals surface area contributed by atoms with Crippen LogP contribution in [0.5, 0.6) is 0 Å². The fraction of sp³-hybridized carbons (Fsp3) is 0.692. The molecule has 0 saturated heterocycles. The molecule has 2 N–H and O–H groups in total. The van der Waals surface area contributed by atoms with Gasteiger partial charge in [0.1, 0.15) is 18.8 Å². The second kappa shape index (κ2) is 11.6. The summed E-state index contributed by atoms with van der Waals surface area (Å²) in [7, 11) is 3.08. The Labute approximate surface area is 129 Å². The summed E-state index contributed by atoms with van der Waals surface area (Å²) < 4.78 is 9.86. The van der Waals surface area contributed by atoms with Crippen LogP contribution < -0.4 is 10.6 Å². The Morgan fingerprint density at radius 1 is 1.36 bits per heavy atom. The molecule has 0 aromatic heterocycles. The number of ether oxygens (including phenoxy) is 2. The van der Waals surface area contributed by atoms with Gasteiger partial charge in [-0.1, -0.05) is 0 Å². The number of amides is 1. The van der Waals surface area contributed by atoms with Crippen LogP contribution in [0.3, 0.4) is 0 Å². The molecule has 2 atom stereocenters. The minimum absolute atomic E-state index is 0.0331. The van der Waals surface area contributed by atoms with E-state index in [0.717, 1.165) is 6.21 Å². The molecule has 0 radical (unpaired) electrons. The Hall–Kier alpha value is -2.09. The van der Waals surface area contributed by atoms with Gasteiger partial charge in [-0.05, 0) is 20.4 Å². The summed E-state index contributed by atoms with van der Waals surface area (Å²) in [5.74, 6) is -1.59. The maximum atomic E-state index is 11.9. The monoisotopic (exact) mass is 314 g/mol. The van der Waals surface area contributed by atoms with Crippen molar-refractivity contribution in [3.05, 3.63) is 5.53 Å². The number of Topliss-reactive ketones (excluding diaryl/α,β-unsaturated/α-hetero) is 1. The standard InChI is InChI=1S/C13H22N4O5/c1-9(21-3)12(19)17-11(5-4-10(18)8-16-14)13(20)22-7-6-15-2/h8-9,11,15H,4-7H2,1-3H3,(H,17,19)/t9-,11+/m1/s1. The van der Waals surface area contributed by atoms with Gasteiger partial charge in [-0.25, -0.2) is 4.79 Å². The number of nitrogens with zero attached hydrogens (tertiary/aromatic N) is 2. The van der Waals surface area contributed by atoms with E-state index in [1.54, 1.807) is 7.05 Å². The second-order valence-corrected chi connectivity index (χ2v) is 4.46. The molecule has 0 bridgehead atoms. The lowest BCUT2D eigenvalue weighted by Crippen LogP contribution is -2.46. The fourth-order valence-electron chi connectivity index (χ4n) is 1.41. The molecule has 0 heterocycles. The molecule has 0 aliphatic carbocycles. The van der Waals surface area contributed by atoms with E-state index in [1.807, 2.05) is 0 Å². The lowest BCUT2D eigenvalue weighted by Gasteiger charge is -2.19. The smallest absolute Gasteiger partial charge is 0.328 e. The first kappa shape index (κ1) is 19.9. The van der Waals surface area contributed by atoms with Crippen LogP contribution in [-0.2, 0) is 23.9 Å². The largest absolute Gasteiger partial charge is 0.463 e. The Kier molecular flexibility index (Phi) is 10.5. The second-order valence-electron chi connectivity index (χ2n) is 4.46. The molecule has 0 unspecified atom stereocenters. The summed E-state index contributed by atoms with van der Waals surface area (Å²) >= 11 is 0. The van der Waals surface area contributed by atoms with Crippen molar-refractivity contribution in [3.8, 4) is 0 Å². The number of hydrogen-bond acceptors (Lipinski definition) is 6. The van der Waals surface area contributed by atoms with Crippen molar-refractivity contribution in [2.24, 2.45) is 0 Å². The van der Waals surface area contributed by atoms with Crippen molar-refractivity contribution in [2.45, 2.75) is 31.9 Å². The van der Waals surface area contributed by atoms with Gasteiger partial charge >= 0.3 is 12.2 Å². The van der Waals surface area contributed by atoms with Gasteiger partial charge in [-0.15, -0.1) is 0 Å². The highest BCUT2D eigenvalue weighted by Gasteiger charge is 2.25. The van der Waals surface area contributed by atoms with Crippen LogP contribution in [0.25, 0.3) is 5.53 Å². The molecule has 0 aliphatic rings. The van der Waals surface area contributed by atoms with Gasteiger partial charge in [-0.2, -0.15) is 4.79 Å². The van der Waals surface area contributed by atoms with Gasteiger partial charge in [0, 0.05) is 20.1 Å². The zero-order valence-corrected chi connectivity index (χ0v) is 13.0. The number of rotatable bonds is 11. The van der Waals surface area contributed by atoms with Crippen LogP contribution in [0.1, 0.15) is 19.8 Å². The average Bonchev–Trinajstić information content (AvgIpc) is 2.50. The summed E-state index contributed by atoms with van der Waals surface area (Å²) in [5, 5.41) is 5.29. The summed E-state index contributed by atoms with van der Waals surface area (Å²) in [6.45, 7) is 2.15. The molecule has 22 heavy (non-hydrogen) atoms. The lowest BCUT2D eigenvalue weighted by molar-refractivity contribution is -0.149. The molecule has 0 aliphatic heterocycles. The summed E-state index contributed by atoms with van der Waals surface area (Å²) in [6.07, 6.45) is -0.0337. The molecule has 0 aromatic rings. The molecule has 0 saturated carbocycles. The highest BCUT2D eigenvalue weighted by atomic mass is 16.5. The Balaban J connectivity index is 4.67. The Morgan fingerprint density at radius 3 is 2.59 bits per heavy atom. The van der Waals surface area contributed by atoms with Gasteiger partial charge in [0.25, 0.3) is 0 Å². The van der Waals surface area contributed by atoms with E-state index in [2.05, 4.69) is 15.4 Å².